The molecule has 0 amide bonds. The molecule has 1 aliphatic carbocycles. The Labute approximate surface area is 75.5 Å². The summed E-state index contributed by atoms with van der Waals surface area (Å²) >= 11 is 0. The zero-order valence-corrected chi connectivity index (χ0v) is 8.34. The van der Waals surface area contributed by atoms with Crippen LogP contribution in [0.3, 0.4) is 0 Å². The van der Waals surface area contributed by atoms with Crippen molar-refractivity contribution in [2.75, 3.05) is 13.6 Å². The maximum atomic E-state index is 6.04. The first kappa shape index (κ1) is 9.72. The fraction of sp³-hybridized carbons (Fsp3) is 0.900. The predicted octanol–water partition coefficient (Wildman–Crippen LogP) is 1.24. The highest BCUT2D eigenvalue weighted by atomic mass is 14.9. The summed E-state index contributed by atoms with van der Waals surface area (Å²) in [7, 11) is 2.04. The van der Waals surface area contributed by atoms with Gasteiger partial charge in [-0.3, -0.25) is 0 Å². The van der Waals surface area contributed by atoms with Crippen molar-refractivity contribution in [3.63, 3.8) is 0 Å². The van der Waals surface area contributed by atoms with E-state index >= 15 is 0 Å². The molecule has 0 spiro atoms. The third kappa shape index (κ3) is 2.94. The van der Waals surface area contributed by atoms with E-state index in [0.717, 1.165) is 12.5 Å². The van der Waals surface area contributed by atoms with Crippen molar-refractivity contribution < 1.29 is 4.58 Å². The van der Waals surface area contributed by atoms with E-state index < -0.39 is 0 Å². The van der Waals surface area contributed by atoms with E-state index in [-0.39, 0.29) is 5.54 Å². The Morgan fingerprint density at radius 3 is 2.42 bits per heavy atom. The first-order valence-corrected chi connectivity index (χ1v) is 4.80. The first-order chi connectivity index (χ1) is 5.49. The van der Waals surface area contributed by atoms with E-state index in [4.69, 9.17) is 5.73 Å². The van der Waals surface area contributed by atoms with Gasteiger partial charge in [0, 0.05) is 11.5 Å². The van der Waals surface area contributed by atoms with Gasteiger partial charge in [-0.2, -0.15) is 0 Å². The Hall–Kier alpha value is -0.370. The van der Waals surface area contributed by atoms with Crippen LogP contribution in [-0.2, 0) is 0 Å². The van der Waals surface area contributed by atoms with Crippen molar-refractivity contribution in [2.45, 2.75) is 38.1 Å². The van der Waals surface area contributed by atoms with Crippen LogP contribution in [0.25, 0.3) is 0 Å². The highest BCUT2D eigenvalue weighted by Gasteiger charge is 2.28. The van der Waals surface area contributed by atoms with Gasteiger partial charge in [-0.05, 0) is 32.6 Å². The Bertz CT molecular complexity index is 163. The van der Waals surface area contributed by atoms with E-state index in [0.29, 0.717) is 0 Å². The third-order valence-electron chi connectivity index (χ3n) is 2.82. The van der Waals surface area contributed by atoms with Gasteiger partial charge in [-0.15, -0.1) is 0 Å². The van der Waals surface area contributed by atoms with Gasteiger partial charge in [0.25, 0.3) is 0 Å². The van der Waals surface area contributed by atoms with Crippen molar-refractivity contribution in [2.24, 2.45) is 11.7 Å². The zero-order chi connectivity index (χ0) is 9.19. The molecule has 0 aromatic heterocycles. The van der Waals surface area contributed by atoms with Gasteiger partial charge in [0.2, 0.25) is 0 Å². The molecule has 1 rings (SSSR count). The van der Waals surface area contributed by atoms with Crippen LogP contribution in [0, 0.1) is 5.92 Å². The van der Waals surface area contributed by atoms with Crippen LogP contribution in [0.1, 0.15) is 32.6 Å². The van der Waals surface area contributed by atoms with Crippen LogP contribution in [0.4, 0.5) is 0 Å². The Morgan fingerprint density at radius 1 is 1.50 bits per heavy atom. The highest BCUT2D eigenvalue weighted by Crippen LogP contribution is 2.29. The lowest BCUT2D eigenvalue weighted by Gasteiger charge is -2.32. The number of rotatable bonds is 2. The second kappa shape index (κ2) is 3.56. The summed E-state index contributed by atoms with van der Waals surface area (Å²) in [5.74, 6) is 0.823. The molecule has 0 heterocycles. The molecule has 2 nitrogen and oxygen atoms in total. The minimum Gasteiger partial charge on any atom is -0.325 e. The largest absolute Gasteiger partial charge is 0.325 e. The Kier molecular flexibility index (Phi) is 2.89. The molecular weight excluding hydrogens is 148 g/mol. The molecule has 1 saturated carbocycles. The maximum Gasteiger partial charge on any atom is 0.144 e. The second-order valence-electron chi connectivity index (χ2n) is 4.64. The normalized spacial score (nSPS) is 36.4. The van der Waals surface area contributed by atoms with Crippen LogP contribution in [0.2, 0.25) is 0 Å². The van der Waals surface area contributed by atoms with Crippen LogP contribution in [0.5, 0.6) is 0 Å². The molecule has 70 valence electrons. The van der Waals surface area contributed by atoms with Crippen LogP contribution in [-0.4, -0.2) is 30.4 Å². The van der Waals surface area contributed by atoms with Crippen molar-refractivity contribution in [1.29, 1.82) is 0 Å². The first-order valence-electron chi connectivity index (χ1n) is 4.80. The molecule has 1 aliphatic rings. The van der Waals surface area contributed by atoms with Gasteiger partial charge < -0.3 is 5.73 Å². The smallest absolute Gasteiger partial charge is 0.144 e. The Balaban J connectivity index is 2.31. The monoisotopic (exact) mass is 169 g/mol. The number of nitrogens with two attached hydrogens (primary N) is 1. The molecule has 0 bridgehead atoms. The molecule has 0 aliphatic heterocycles. The van der Waals surface area contributed by atoms with Crippen LogP contribution < -0.4 is 5.73 Å². The van der Waals surface area contributed by atoms with E-state index in [2.05, 4.69) is 13.6 Å². The SMILES string of the molecule is C=[N+](C)C[C@H]1CC[C@](C)(N)CC1. The van der Waals surface area contributed by atoms with Gasteiger partial charge in [0.1, 0.15) is 20.3 Å². The Morgan fingerprint density at radius 2 is 2.00 bits per heavy atom. The number of hydrogen-bond donors (Lipinski definition) is 1. The molecule has 12 heavy (non-hydrogen) atoms. The highest BCUT2D eigenvalue weighted by molar-refractivity contribution is 5.14. The summed E-state index contributed by atoms with van der Waals surface area (Å²) in [5.41, 5.74) is 6.15. The summed E-state index contributed by atoms with van der Waals surface area (Å²) in [6.07, 6.45) is 4.89. The van der Waals surface area contributed by atoms with Crippen molar-refractivity contribution in [3.05, 3.63) is 0 Å². The van der Waals surface area contributed by atoms with Gasteiger partial charge in [0.15, 0.2) is 0 Å². The molecule has 0 aromatic rings. The number of hydrogen-bond acceptors (Lipinski definition) is 1. The van der Waals surface area contributed by atoms with Gasteiger partial charge in [-0.1, -0.05) is 0 Å². The van der Waals surface area contributed by atoms with Gasteiger partial charge >= 0.3 is 0 Å². The average molecular weight is 169 g/mol. The topological polar surface area (TPSA) is 29.0 Å². The molecule has 1 fully saturated rings. The van der Waals surface area contributed by atoms with Gasteiger partial charge in [0.05, 0.1) is 0 Å². The lowest BCUT2D eigenvalue weighted by atomic mass is 9.78. The molecule has 2 N–H and O–H groups in total. The standard InChI is InChI=1S/C10H21N2/c1-10(11)6-4-9(5-7-10)8-12(2)3/h9H,2,4-8,11H2,1,3H3/q+1/t9-,10-. The molecular formula is C10H21N2+. The molecule has 0 aromatic carbocycles. The summed E-state index contributed by atoms with van der Waals surface area (Å²) in [6, 6.07) is 0. The quantitative estimate of drug-likeness (QED) is 0.489. The fourth-order valence-electron chi connectivity index (χ4n) is 1.96. The average Bonchev–Trinajstić information content (AvgIpc) is 1.93. The predicted molar refractivity (Wildman–Crippen MR) is 52.7 cm³/mol. The summed E-state index contributed by atoms with van der Waals surface area (Å²) < 4.78 is 2.03. The summed E-state index contributed by atoms with van der Waals surface area (Å²) in [6.45, 7) is 7.16. The number of nitrogens with zero attached hydrogens (tertiary/aromatic N) is 1. The second-order valence-corrected chi connectivity index (χ2v) is 4.64. The van der Waals surface area contributed by atoms with E-state index in [1.807, 2.05) is 11.6 Å². The molecule has 0 saturated heterocycles. The van der Waals surface area contributed by atoms with Gasteiger partial charge in [-0.25, -0.2) is 4.58 Å². The van der Waals surface area contributed by atoms with Crippen molar-refractivity contribution in [3.8, 4) is 0 Å². The van der Waals surface area contributed by atoms with E-state index in [1.54, 1.807) is 0 Å². The van der Waals surface area contributed by atoms with Crippen LogP contribution >= 0.6 is 0 Å². The minimum absolute atomic E-state index is 0.107. The van der Waals surface area contributed by atoms with Crippen LogP contribution in [0.15, 0.2) is 0 Å². The lowest BCUT2D eigenvalue weighted by molar-refractivity contribution is -0.497. The fourth-order valence-corrected chi connectivity index (χ4v) is 1.96. The van der Waals surface area contributed by atoms with Crippen molar-refractivity contribution in [1.82, 2.24) is 0 Å². The van der Waals surface area contributed by atoms with Crippen molar-refractivity contribution >= 4 is 6.72 Å². The summed E-state index contributed by atoms with van der Waals surface area (Å²) in [4.78, 5) is 0. The summed E-state index contributed by atoms with van der Waals surface area (Å²) in [5, 5.41) is 0. The molecule has 0 atom stereocenters. The van der Waals surface area contributed by atoms with E-state index in [1.165, 1.54) is 25.7 Å². The molecule has 0 radical (unpaired) electrons. The zero-order valence-electron chi connectivity index (χ0n) is 8.34. The van der Waals surface area contributed by atoms with E-state index in [9.17, 15) is 0 Å². The maximum absolute atomic E-state index is 6.04. The third-order valence-corrected chi connectivity index (χ3v) is 2.82. The molecule has 2 heteroatoms. The lowest BCUT2D eigenvalue weighted by Crippen LogP contribution is -2.41. The minimum atomic E-state index is 0.107. The molecule has 0 unspecified atom stereocenters.